The number of rotatable bonds is 2. The topological polar surface area (TPSA) is 22.1 Å². The monoisotopic (exact) mass is 211 g/mol. The van der Waals surface area contributed by atoms with Crippen molar-refractivity contribution in [3.63, 3.8) is 0 Å². The van der Waals surface area contributed by atoms with Crippen molar-refractivity contribution in [1.82, 2.24) is 4.98 Å². The predicted octanol–water partition coefficient (Wildman–Crippen LogP) is 2.72. The molecule has 1 aromatic heterocycles. The van der Waals surface area contributed by atoms with Crippen LogP contribution >= 0.6 is 11.6 Å². The molecule has 0 N–H and O–H groups in total. The summed E-state index contributed by atoms with van der Waals surface area (Å²) in [5.74, 6) is -0.404. The summed E-state index contributed by atoms with van der Waals surface area (Å²) in [5.41, 5.74) is 0.258. The van der Waals surface area contributed by atoms with E-state index in [0.717, 1.165) is 6.20 Å². The molecule has 0 aliphatic carbocycles. The van der Waals surface area contributed by atoms with Crippen LogP contribution in [-0.4, -0.2) is 11.3 Å². The van der Waals surface area contributed by atoms with Gasteiger partial charge < -0.3 is 4.74 Å². The van der Waals surface area contributed by atoms with Gasteiger partial charge in [0.25, 0.3) is 0 Å². The van der Waals surface area contributed by atoms with Gasteiger partial charge in [-0.15, -0.1) is 24.8 Å². The molecular weight excluding hydrogens is 207 g/mol. The summed E-state index contributed by atoms with van der Waals surface area (Å²) >= 11 is 5.39. The van der Waals surface area contributed by atoms with Gasteiger partial charge in [-0.1, -0.05) is 0 Å². The second-order valence-corrected chi connectivity index (χ2v) is 2.43. The summed E-state index contributed by atoms with van der Waals surface area (Å²) in [6, 6.07) is 1.37. The molecule has 13 heavy (non-hydrogen) atoms. The van der Waals surface area contributed by atoms with Crippen LogP contribution in [0.3, 0.4) is 0 Å². The van der Waals surface area contributed by atoms with E-state index in [4.69, 9.17) is 11.6 Å². The van der Waals surface area contributed by atoms with Crippen molar-refractivity contribution in [3.8, 4) is 5.75 Å². The van der Waals surface area contributed by atoms with Crippen LogP contribution in [0.4, 0.5) is 13.2 Å². The average Bonchev–Trinajstić information content (AvgIpc) is 2.02. The Labute approximate surface area is 77.3 Å². The summed E-state index contributed by atoms with van der Waals surface area (Å²) in [4.78, 5) is 3.49. The molecule has 72 valence electrons. The molecular formula is C7H5ClF3NO. The second kappa shape index (κ2) is 3.83. The number of halogens is 4. The molecule has 0 saturated carbocycles. The zero-order valence-electron chi connectivity index (χ0n) is 6.31. The van der Waals surface area contributed by atoms with E-state index in [2.05, 4.69) is 9.72 Å². The Balaban J connectivity index is 2.87. The van der Waals surface area contributed by atoms with E-state index in [1.165, 1.54) is 12.3 Å². The van der Waals surface area contributed by atoms with Crippen LogP contribution in [-0.2, 0) is 5.88 Å². The molecule has 1 heterocycles. The van der Waals surface area contributed by atoms with E-state index in [-0.39, 0.29) is 17.2 Å². The first kappa shape index (κ1) is 10.1. The minimum atomic E-state index is -4.70. The summed E-state index contributed by atoms with van der Waals surface area (Å²) in [5, 5.41) is 0. The Kier molecular flexibility index (Phi) is 2.98. The Hall–Kier alpha value is -0.970. The molecule has 0 aromatic carbocycles. The molecule has 0 aliphatic heterocycles. The molecule has 0 amide bonds. The Bertz CT molecular complexity index is 289. The lowest BCUT2D eigenvalue weighted by Crippen LogP contribution is -2.18. The zero-order valence-corrected chi connectivity index (χ0v) is 7.06. The van der Waals surface area contributed by atoms with Crippen molar-refractivity contribution < 1.29 is 17.9 Å². The van der Waals surface area contributed by atoms with E-state index < -0.39 is 6.36 Å². The predicted molar refractivity (Wildman–Crippen MR) is 40.5 cm³/mol. The minimum absolute atomic E-state index is 0.0477. The van der Waals surface area contributed by atoms with Gasteiger partial charge in [0.05, 0.1) is 12.1 Å². The van der Waals surface area contributed by atoms with Crippen molar-refractivity contribution in [2.75, 3.05) is 0 Å². The van der Waals surface area contributed by atoms with Gasteiger partial charge in [0.15, 0.2) is 5.75 Å². The van der Waals surface area contributed by atoms with Gasteiger partial charge in [-0.3, -0.25) is 4.98 Å². The molecule has 0 atom stereocenters. The fraction of sp³-hybridized carbons (Fsp3) is 0.286. The number of hydrogen-bond acceptors (Lipinski definition) is 2. The van der Waals surface area contributed by atoms with Crippen molar-refractivity contribution in [1.29, 1.82) is 0 Å². The van der Waals surface area contributed by atoms with Crippen LogP contribution in [0.1, 0.15) is 5.56 Å². The minimum Gasteiger partial charge on any atom is -0.404 e. The van der Waals surface area contributed by atoms with Gasteiger partial charge in [0.1, 0.15) is 0 Å². The number of hydrogen-bond donors (Lipinski definition) is 0. The molecule has 0 aliphatic rings. The van der Waals surface area contributed by atoms with Gasteiger partial charge in [-0.05, 0) is 6.07 Å². The number of pyridine rings is 1. The molecule has 0 saturated heterocycles. The van der Waals surface area contributed by atoms with E-state index in [9.17, 15) is 13.2 Å². The standard InChI is InChI=1S/C7H5ClF3NO/c8-3-5-1-2-12-4-6(5)13-7(9,10)11/h1-2,4H,3H2. The molecule has 0 fully saturated rings. The van der Waals surface area contributed by atoms with Crippen LogP contribution < -0.4 is 4.74 Å². The lowest BCUT2D eigenvalue weighted by molar-refractivity contribution is -0.275. The van der Waals surface area contributed by atoms with Gasteiger partial charge in [0.2, 0.25) is 0 Å². The highest BCUT2D eigenvalue weighted by Crippen LogP contribution is 2.26. The van der Waals surface area contributed by atoms with Crippen LogP contribution in [0.2, 0.25) is 0 Å². The van der Waals surface area contributed by atoms with Crippen molar-refractivity contribution >= 4 is 11.6 Å². The number of alkyl halides is 4. The first-order chi connectivity index (χ1) is 6.03. The highest BCUT2D eigenvalue weighted by Gasteiger charge is 2.32. The number of nitrogens with zero attached hydrogens (tertiary/aromatic N) is 1. The molecule has 1 rings (SSSR count). The van der Waals surface area contributed by atoms with Gasteiger partial charge >= 0.3 is 6.36 Å². The smallest absolute Gasteiger partial charge is 0.404 e. The van der Waals surface area contributed by atoms with Gasteiger partial charge in [-0.25, -0.2) is 0 Å². The summed E-state index contributed by atoms with van der Waals surface area (Å²) < 4.78 is 39.0. The van der Waals surface area contributed by atoms with Gasteiger partial charge in [-0.2, -0.15) is 0 Å². The third-order valence-electron chi connectivity index (χ3n) is 1.24. The lowest BCUT2D eigenvalue weighted by Gasteiger charge is -2.10. The van der Waals surface area contributed by atoms with Crippen LogP contribution in [0, 0.1) is 0 Å². The van der Waals surface area contributed by atoms with E-state index in [1.54, 1.807) is 0 Å². The Morgan fingerprint density at radius 3 is 2.69 bits per heavy atom. The largest absolute Gasteiger partial charge is 0.573 e. The summed E-state index contributed by atoms with van der Waals surface area (Å²) in [6.45, 7) is 0. The molecule has 0 radical (unpaired) electrons. The van der Waals surface area contributed by atoms with E-state index >= 15 is 0 Å². The molecule has 0 unspecified atom stereocenters. The van der Waals surface area contributed by atoms with Crippen LogP contribution in [0.5, 0.6) is 5.75 Å². The van der Waals surface area contributed by atoms with Crippen molar-refractivity contribution in [2.45, 2.75) is 12.2 Å². The maximum absolute atomic E-state index is 11.8. The van der Waals surface area contributed by atoms with Crippen LogP contribution in [0.15, 0.2) is 18.5 Å². The maximum Gasteiger partial charge on any atom is 0.573 e. The number of aromatic nitrogens is 1. The Morgan fingerprint density at radius 2 is 2.15 bits per heavy atom. The molecule has 1 aromatic rings. The number of ether oxygens (including phenoxy) is 1. The van der Waals surface area contributed by atoms with Crippen molar-refractivity contribution in [2.24, 2.45) is 0 Å². The van der Waals surface area contributed by atoms with Crippen molar-refractivity contribution in [3.05, 3.63) is 24.0 Å². The maximum atomic E-state index is 11.8. The molecule has 6 heteroatoms. The first-order valence-electron chi connectivity index (χ1n) is 3.27. The van der Waals surface area contributed by atoms with Crippen LogP contribution in [0.25, 0.3) is 0 Å². The third-order valence-corrected chi connectivity index (χ3v) is 1.53. The summed E-state index contributed by atoms with van der Waals surface area (Å²) in [6.07, 6.45) is -2.38. The third kappa shape index (κ3) is 3.10. The van der Waals surface area contributed by atoms with Gasteiger partial charge in [0, 0.05) is 11.8 Å². The fourth-order valence-corrected chi connectivity index (χ4v) is 0.957. The molecule has 0 bridgehead atoms. The fourth-order valence-electron chi connectivity index (χ4n) is 0.736. The first-order valence-corrected chi connectivity index (χ1v) is 3.81. The molecule has 0 spiro atoms. The van der Waals surface area contributed by atoms with E-state index in [0.29, 0.717) is 0 Å². The average molecular weight is 212 g/mol. The highest BCUT2D eigenvalue weighted by molar-refractivity contribution is 6.17. The SMILES string of the molecule is FC(F)(F)Oc1cnccc1CCl. The Morgan fingerprint density at radius 1 is 1.46 bits per heavy atom. The second-order valence-electron chi connectivity index (χ2n) is 2.16. The molecule has 2 nitrogen and oxygen atoms in total. The lowest BCUT2D eigenvalue weighted by atomic mass is 10.3. The summed E-state index contributed by atoms with van der Waals surface area (Å²) in [7, 11) is 0. The quantitative estimate of drug-likeness (QED) is 0.702. The zero-order chi connectivity index (χ0) is 9.90. The highest BCUT2D eigenvalue weighted by atomic mass is 35.5. The van der Waals surface area contributed by atoms with E-state index in [1.807, 2.05) is 0 Å². The normalized spacial score (nSPS) is 11.4.